The second-order valence-corrected chi connectivity index (χ2v) is 2.36. The Hall–Kier alpha value is -2.02. The van der Waals surface area contributed by atoms with Crippen molar-refractivity contribution in [1.29, 1.82) is 0 Å². The molecule has 66 valence electrons. The molecule has 0 fully saturated rings. The number of hydrogen-bond donors (Lipinski definition) is 2. The van der Waals surface area contributed by atoms with Crippen molar-refractivity contribution >= 4 is 17.4 Å². The molecule has 2 N–H and O–H groups in total. The lowest BCUT2D eigenvalue weighted by atomic mass is 10.3. The first-order valence-electron chi connectivity index (χ1n) is 3.72. The number of nitrogens with zero attached hydrogens (tertiary/aromatic N) is 1. The van der Waals surface area contributed by atoms with E-state index in [1.54, 1.807) is 31.3 Å². The lowest BCUT2D eigenvalue weighted by Gasteiger charge is -2.03. The quantitative estimate of drug-likeness (QED) is 0.630. The van der Waals surface area contributed by atoms with Gasteiger partial charge in [-0.15, -0.1) is 0 Å². The van der Waals surface area contributed by atoms with Crippen molar-refractivity contribution in [3.05, 3.63) is 35.7 Å². The maximum absolute atomic E-state index is 10.9. The number of anilines is 1. The topological polar surface area (TPSA) is 45.5 Å². The maximum Gasteiger partial charge on any atom is 0.318 e. The van der Waals surface area contributed by atoms with Crippen molar-refractivity contribution < 1.29 is 4.79 Å². The summed E-state index contributed by atoms with van der Waals surface area (Å²) in [6, 6.07) is 6.40. The molecule has 1 aromatic carbocycles. The fourth-order valence-electron chi connectivity index (χ4n) is 0.813. The molecule has 0 bridgehead atoms. The van der Waals surface area contributed by atoms with Crippen LogP contribution in [0.1, 0.15) is 0 Å². The van der Waals surface area contributed by atoms with E-state index in [9.17, 15) is 4.79 Å². The highest BCUT2D eigenvalue weighted by molar-refractivity contribution is 5.89. The molecule has 0 aliphatic carbocycles. The van der Waals surface area contributed by atoms with Crippen molar-refractivity contribution in [2.24, 2.45) is 0 Å². The second kappa shape index (κ2) is 4.12. The number of hydrogen-bond acceptors (Lipinski definition) is 1. The molecule has 0 saturated heterocycles. The van der Waals surface area contributed by atoms with Gasteiger partial charge >= 0.3 is 6.03 Å². The number of rotatable bonds is 1. The van der Waals surface area contributed by atoms with E-state index in [0.717, 1.165) is 0 Å². The van der Waals surface area contributed by atoms with Gasteiger partial charge in [0, 0.05) is 12.7 Å². The van der Waals surface area contributed by atoms with Crippen LogP contribution >= 0.6 is 0 Å². The normalized spacial score (nSPS) is 8.62. The number of nitrogens with one attached hydrogen (secondary N) is 2. The fourth-order valence-corrected chi connectivity index (χ4v) is 0.813. The molecule has 1 rings (SSSR count). The van der Waals surface area contributed by atoms with Gasteiger partial charge in [0.2, 0.25) is 0 Å². The lowest BCUT2D eigenvalue weighted by molar-refractivity contribution is 0.254. The average Bonchev–Trinajstić information content (AvgIpc) is 2.19. The summed E-state index contributed by atoms with van der Waals surface area (Å²) in [7, 11) is 1.54. The van der Waals surface area contributed by atoms with Crippen LogP contribution in [-0.2, 0) is 0 Å². The molecule has 0 radical (unpaired) electrons. The Labute approximate surface area is 76.4 Å². The number of carbonyl (C=O) groups excluding carboxylic acids is 1. The van der Waals surface area contributed by atoms with E-state index < -0.39 is 0 Å². The number of amides is 2. The monoisotopic (exact) mass is 175 g/mol. The first kappa shape index (κ1) is 9.07. The molecule has 0 aliphatic rings. The van der Waals surface area contributed by atoms with Gasteiger partial charge in [0.25, 0.3) is 0 Å². The predicted molar refractivity (Wildman–Crippen MR) is 50.8 cm³/mol. The van der Waals surface area contributed by atoms with E-state index in [-0.39, 0.29) is 6.03 Å². The standard InChI is InChI=1S/C9H9N3O/c1-10-7-3-5-8(6-4-7)12-9(13)11-2/h3-6H,2H3,(H2,11,12,13). The molecule has 0 atom stereocenters. The number of carbonyl (C=O) groups is 1. The highest BCUT2D eigenvalue weighted by atomic mass is 16.2. The predicted octanol–water partition coefficient (Wildman–Crippen LogP) is 1.99. The molecular formula is C9H9N3O. The molecule has 1 aromatic rings. The fraction of sp³-hybridized carbons (Fsp3) is 0.111. The van der Waals surface area contributed by atoms with E-state index in [2.05, 4.69) is 15.5 Å². The molecular weight excluding hydrogens is 166 g/mol. The van der Waals surface area contributed by atoms with Gasteiger partial charge in [-0.05, 0) is 12.1 Å². The number of benzene rings is 1. The molecule has 0 spiro atoms. The number of urea groups is 1. The summed E-state index contributed by atoms with van der Waals surface area (Å²) >= 11 is 0. The van der Waals surface area contributed by atoms with Crippen LogP contribution in [0.25, 0.3) is 4.85 Å². The zero-order valence-corrected chi connectivity index (χ0v) is 7.16. The van der Waals surface area contributed by atoms with Crippen LogP contribution in [0.3, 0.4) is 0 Å². The largest absolute Gasteiger partial charge is 0.341 e. The van der Waals surface area contributed by atoms with Crippen LogP contribution in [0, 0.1) is 6.57 Å². The van der Waals surface area contributed by atoms with Crippen LogP contribution in [0.4, 0.5) is 16.2 Å². The van der Waals surface area contributed by atoms with Gasteiger partial charge in [-0.2, -0.15) is 0 Å². The SMILES string of the molecule is [C-]#[N+]c1ccc(NC(=O)NC)cc1. The smallest absolute Gasteiger partial charge is 0.318 e. The first-order chi connectivity index (χ1) is 6.26. The van der Waals surface area contributed by atoms with Crippen LogP contribution in [0.2, 0.25) is 0 Å². The lowest BCUT2D eigenvalue weighted by Crippen LogP contribution is -2.24. The third-order valence-corrected chi connectivity index (χ3v) is 1.48. The summed E-state index contributed by atoms with van der Waals surface area (Å²) in [5.41, 5.74) is 1.23. The summed E-state index contributed by atoms with van der Waals surface area (Å²) < 4.78 is 0. The molecule has 13 heavy (non-hydrogen) atoms. The molecule has 0 aromatic heterocycles. The summed E-state index contributed by atoms with van der Waals surface area (Å²) in [6.07, 6.45) is 0. The van der Waals surface area contributed by atoms with E-state index in [1.807, 2.05) is 0 Å². The zero-order chi connectivity index (χ0) is 9.68. The summed E-state index contributed by atoms with van der Waals surface area (Å²) in [5.74, 6) is 0. The van der Waals surface area contributed by atoms with Crippen LogP contribution in [0.5, 0.6) is 0 Å². The maximum atomic E-state index is 10.9. The third kappa shape index (κ3) is 2.49. The second-order valence-electron chi connectivity index (χ2n) is 2.36. The van der Waals surface area contributed by atoms with Crippen molar-refractivity contribution in [2.75, 3.05) is 12.4 Å². The van der Waals surface area contributed by atoms with Gasteiger partial charge in [-0.3, -0.25) is 0 Å². The summed E-state index contributed by atoms with van der Waals surface area (Å²) in [4.78, 5) is 14.1. The van der Waals surface area contributed by atoms with Gasteiger partial charge in [0.15, 0.2) is 5.69 Å². The molecule has 0 aliphatic heterocycles. The molecule has 0 saturated carbocycles. The van der Waals surface area contributed by atoms with Crippen LogP contribution in [0.15, 0.2) is 24.3 Å². The Morgan fingerprint density at radius 1 is 1.38 bits per heavy atom. The Bertz CT molecular complexity index is 337. The van der Waals surface area contributed by atoms with Crippen molar-refractivity contribution in [1.82, 2.24) is 5.32 Å². The Morgan fingerprint density at radius 2 is 2.00 bits per heavy atom. The third-order valence-electron chi connectivity index (χ3n) is 1.48. The van der Waals surface area contributed by atoms with Crippen molar-refractivity contribution in [3.63, 3.8) is 0 Å². The van der Waals surface area contributed by atoms with E-state index >= 15 is 0 Å². The molecule has 4 heteroatoms. The molecule has 2 amide bonds. The van der Waals surface area contributed by atoms with Gasteiger partial charge in [-0.1, -0.05) is 12.1 Å². The first-order valence-corrected chi connectivity index (χ1v) is 3.72. The van der Waals surface area contributed by atoms with Gasteiger partial charge in [0.1, 0.15) is 0 Å². The Kier molecular flexibility index (Phi) is 2.87. The van der Waals surface area contributed by atoms with Gasteiger partial charge in [0.05, 0.1) is 6.57 Å². The summed E-state index contributed by atoms with van der Waals surface area (Å²) in [6.45, 7) is 6.72. The molecule has 0 unspecified atom stereocenters. The van der Waals surface area contributed by atoms with Crippen molar-refractivity contribution in [2.45, 2.75) is 0 Å². The Balaban J connectivity index is 2.71. The van der Waals surface area contributed by atoms with E-state index in [4.69, 9.17) is 6.57 Å². The summed E-state index contributed by atoms with van der Waals surface area (Å²) in [5, 5.41) is 5.02. The zero-order valence-electron chi connectivity index (χ0n) is 7.16. The average molecular weight is 175 g/mol. The van der Waals surface area contributed by atoms with E-state index in [0.29, 0.717) is 11.4 Å². The minimum atomic E-state index is -0.268. The minimum absolute atomic E-state index is 0.268. The van der Waals surface area contributed by atoms with Crippen LogP contribution in [-0.4, -0.2) is 13.1 Å². The van der Waals surface area contributed by atoms with Gasteiger partial charge in [-0.25, -0.2) is 9.64 Å². The highest BCUT2D eigenvalue weighted by Crippen LogP contribution is 2.15. The van der Waals surface area contributed by atoms with Crippen molar-refractivity contribution in [3.8, 4) is 0 Å². The van der Waals surface area contributed by atoms with Crippen LogP contribution < -0.4 is 10.6 Å². The van der Waals surface area contributed by atoms with E-state index in [1.165, 1.54) is 0 Å². The van der Waals surface area contributed by atoms with Gasteiger partial charge < -0.3 is 10.6 Å². The Morgan fingerprint density at radius 3 is 2.46 bits per heavy atom. The molecule has 0 heterocycles. The highest BCUT2D eigenvalue weighted by Gasteiger charge is 1.97. The molecule has 4 nitrogen and oxygen atoms in total. The minimum Gasteiger partial charge on any atom is -0.341 e.